The highest BCUT2D eigenvalue weighted by molar-refractivity contribution is 9.11. The zero-order valence-electron chi connectivity index (χ0n) is 11.0. The predicted molar refractivity (Wildman–Crippen MR) is 88.9 cm³/mol. The molecule has 0 unspecified atom stereocenters. The summed E-state index contributed by atoms with van der Waals surface area (Å²) < 4.78 is 6.65. The van der Waals surface area contributed by atoms with Crippen LogP contribution in [0.1, 0.15) is 10.4 Å². The van der Waals surface area contributed by atoms with Gasteiger partial charge in [-0.15, -0.1) is 0 Å². The molecule has 0 aliphatic heterocycles. The maximum absolute atomic E-state index is 12.2. The lowest BCUT2D eigenvalue weighted by Crippen LogP contribution is -2.12. The van der Waals surface area contributed by atoms with E-state index in [2.05, 4.69) is 37.2 Å². The molecule has 0 saturated heterocycles. The number of nitrogen functional groups attached to an aromatic ring is 1. The maximum Gasteiger partial charge on any atom is 0.255 e. The first-order valence-corrected chi connectivity index (χ1v) is 7.44. The number of amides is 1. The third-order valence-electron chi connectivity index (χ3n) is 2.78. The summed E-state index contributed by atoms with van der Waals surface area (Å²) in [7, 11) is 1.54. The Kier molecular flexibility index (Phi) is 4.74. The number of phenolic OH excluding ortho intramolecular Hbond substituents is 1. The number of nitrogens with two attached hydrogens (primary N) is 1. The number of anilines is 2. The molecule has 21 heavy (non-hydrogen) atoms. The number of halogens is 2. The molecule has 0 aliphatic rings. The summed E-state index contributed by atoms with van der Waals surface area (Å²) in [5.74, 6) is 0.0964. The Morgan fingerprint density at radius 3 is 2.57 bits per heavy atom. The SMILES string of the molecule is COc1cc(NC(=O)c2ccc(N)c(O)c2)c(Br)cc1Br. The van der Waals surface area contributed by atoms with Crippen LogP contribution >= 0.6 is 31.9 Å². The normalized spacial score (nSPS) is 10.2. The molecule has 0 spiro atoms. The van der Waals surface area contributed by atoms with Crippen molar-refractivity contribution in [3.05, 3.63) is 44.8 Å². The number of phenols is 1. The summed E-state index contributed by atoms with van der Waals surface area (Å²) in [6.07, 6.45) is 0. The van der Waals surface area contributed by atoms with Gasteiger partial charge in [-0.3, -0.25) is 4.79 Å². The molecule has 0 aliphatic carbocycles. The molecular weight excluding hydrogens is 404 g/mol. The van der Waals surface area contributed by atoms with Crippen molar-refractivity contribution in [1.82, 2.24) is 0 Å². The number of benzene rings is 2. The zero-order valence-corrected chi connectivity index (χ0v) is 14.2. The van der Waals surface area contributed by atoms with E-state index in [0.717, 1.165) is 4.47 Å². The Labute approximate surface area is 138 Å². The van der Waals surface area contributed by atoms with Gasteiger partial charge in [0.25, 0.3) is 5.91 Å². The fraction of sp³-hybridized carbons (Fsp3) is 0.0714. The summed E-state index contributed by atoms with van der Waals surface area (Å²) in [6.45, 7) is 0. The molecule has 110 valence electrons. The number of ether oxygens (including phenoxy) is 1. The highest BCUT2D eigenvalue weighted by Crippen LogP contribution is 2.34. The fourth-order valence-corrected chi connectivity index (χ4v) is 2.92. The van der Waals surface area contributed by atoms with E-state index < -0.39 is 0 Å². The van der Waals surface area contributed by atoms with Crippen LogP contribution in [0, 0.1) is 0 Å². The first-order chi connectivity index (χ1) is 9.92. The standard InChI is InChI=1S/C14H12Br2N2O3/c1-21-13-6-11(8(15)5-9(13)16)18-14(20)7-2-3-10(17)12(19)4-7/h2-6,19H,17H2,1H3,(H,18,20). The molecule has 0 fully saturated rings. The molecule has 1 amide bonds. The van der Waals surface area contributed by atoms with E-state index in [1.807, 2.05) is 0 Å². The lowest BCUT2D eigenvalue weighted by atomic mass is 10.1. The molecule has 2 rings (SSSR count). The molecule has 2 aromatic rings. The van der Waals surface area contributed by atoms with E-state index in [1.165, 1.54) is 25.3 Å². The molecule has 2 aromatic carbocycles. The van der Waals surface area contributed by atoms with E-state index in [4.69, 9.17) is 10.5 Å². The first kappa shape index (κ1) is 15.7. The van der Waals surface area contributed by atoms with Gasteiger partial charge >= 0.3 is 0 Å². The van der Waals surface area contributed by atoms with Gasteiger partial charge in [0, 0.05) is 16.1 Å². The number of methoxy groups -OCH3 is 1. The third-order valence-corrected chi connectivity index (χ3v) is 4.06. The van der Waals surface area contributed by atoms with Crippen molar-refractivity contribution in [2.45, 2.75) is 0 Å². The minimum absolute atomic E-state index is 0.130. The highest BCUT2D eigenvalue weighted by atomic mass is 79.9. The van der Waals surface area contributed by atoms with Gasteiger partial charge in [-0.2, -0.15) is 0 Å². The van der Waals surface area contributed by atoms with Crippen molar-refractivity contribution in [3.63, 3.8) is 0 Å². The van der Waals surface area contributed by atoms with Gasteiger partial charge in [0.2, 0.25) is 0 Å². The van der Waals surface area contributed by atoms with Crippen LogP contribution in [0.4, 0.5) is 11.4 Å². The van der Waals surface area contributed by atoms with Gasteiger partial charge in [-0.05, 0) is 56.1 Å². The second kappa shape index (κ2) is 6.36. The second-order valence-corrected chi connectivity index (χ2v) is 5.90. The summed E-state index contributed by atoms with van der Waals surface area (Å²) in [5.41, 5.74) is 6.58. The number of rotatable bonds is 3. The molecular formula is C14H12Br2N2O3. The average Bonchev–Trinajstić information content (AvgIpc) is 2.44. The molecule has 0 radical (unpaired) electrons. The van der Waals surface area contributed by atoms with E-state index in [9.17, 15) is 9.90 Å². The topological polar surface area (TPSA) is 84.6 Å². The van der Waals surface area contributed by atoms with Gasteiger partial charge in [-0.1, -0.05) is 0 Å². The quantitative estimate of drug-likeness (QED) is 0.526. The van der Waals surface area contributed by atoms with Crippen molar-refractivity contribution >= 4 is 49.1 Å². The van der Waals surface area contributed by atoms with Gasteiger partial charge in [0.15, 0.2) is 0 Å². The van der Waals surface area contributed by atoms with Gasteiger partial charge in [0.05, 0.1) is 23.0 Å². The van der Waals surface area contributed by atoms with E-state index in [-0.39, 0.29) is 17.3 Å². The average molecular weight is 416 g/mol. The van der Waals surface area contributed by atoms with E-state index in [1.54, 1.807) is 12.1 Å². The third kappa shape index (κ3) is 3.48. The van der Waals surface area contributed by atoms with Crippen LogP contribution < -0.4 is 15.8 Å². The smallest absolute Gasteiger partial charge is 0.255 e. The van der Waals surface area contributed by atoms with Crippen LogP contribution in [-0.2, 0) is 0 Å². The molecule has 7 heteroatoms. The second-order valence-electron chi connectivity index (χ2n) is 4.19. The van der Waals surface area contributed by atoms with Crippen LogP contribution in [0.15, 0.2) is 39.3 Å². The predicted octanol–water partition coefficient (Wildman–Crippen LogP) is 3.76. The maximum atomic E-state index is 12.2. The van der Waals surface area contributed by atoms with Crippen molar-refractivity contribution in [2.75, 3.05) is 18.2 Å². The van der Waals surface area contributed by atoms with E-state index in [0.29, 0.717) is 21.5 Å². The van der Waals surface area contributed by atoms with Gasteiger partial charge in [-0.25, -0.2) is 0 Å². The highest BCUT2D eigenvalue weighted by Gasteiger charge is 2.12. The Balaban J connectivity index is 2.29. The van der Waals surface area contributed by atoms with Crippen molar-refractivity contribution < 1.29 is 14.6 Å². The molecule has 4 N–H and O–H groups in total. The summed E-state index contributed by atoms with van der Waals surface area (Å²) >= 11 is 6.72. The van der Waals surface area contributed by atoms with E-state index >= 15 is 0 Å². The van der Waals surface area contributed by atoms with Crippen molar-refractivity contribution in [3.8, 4) is 11.5 Å². The zero-order chi connectivity index (χ0) is 15.6. The Bertz CT molecular complexity index is 705. The van der Waals surface area contributed by atoms with Crippen molar-refractivity contribution in [2.24, 2.45) is 0 Å². The Morgan fingerprint density at radius 1 is 1.24 bits per heavy atom. The first-order valence-electron chi connectivity index (χ1n) is 5.85. The number of hydrogen-bond acceptors (Lipinski definition) is 4. The van der Waals surface area contributed by atoms with Gasteiger partial charge < -0.3 is 20.9 Å². The van der Waals surface area contributed by atoms with Crippen LogP contribution in [-0.4, -0.2) is 18.1 Å². The summed E-state index contributed by atoms with van der Waals surface area (Å²) in [4.78, 5) is 12.2. The fourth-order valence-electron chi connectivity index (χ4n) is 1.66. The minimum Gasteiger partial charge on any atom is -0.506 e. The molecule has 0 bridgehead atoms. The Hall–Kier alpha value is -1.73. The number of carbonyl (C=O) groups is 1. The molecule has 0 aromatic heterocycles. The number of hydrogen-bond donors (Lipinski definition) is 3. The molecule has 0 heterocycles. The van der Waals surface area contributed by atoms with Crippen LogP contribution in [0.25, 0.3) is 0 Å². The van der Waals surface area contributed by atoms with Crippen LogP contribution in [0.2, 0.25) is 0 Å². The largest absolute Gasteiger partial charge is 0.506 e. The monoisotopic (exact) mass is 414 g/mol. The van der Waals surface area contributed by atoms with Crippen LogP contribution in [0.5, 0.6) is 11.5 Å². The minimum atomic E-state index is -0.365. The summed E-state index contributed by atoms with van der Waals surface area (Å²) in [5, 5.41) is 12.3. The van der Waals surface area contributed by atoms with Crippen LogP contribution in [0.3, 0.4) is 0 Å². The lowest BCUT2D eigenvalue weighted by Gasteiger charge is -2.11. The number of nitrogens with one attached hydrogen (secondary N) is 1. The Morgan fingerprint density at radius 2 is 1.95 bits per heavy atom. The number of carbonyl (C=O) groups excluding carboxylic acids is 1. The molecule has 0 atom stereocenters. The molecule has 0 saturated carbocycles. The lowest BCUT2D eigenvalue weighted by molar-refractivity contribution is 0.102. The molecule has 5 nitrogen and oxygen atoms in total. The van der Waals surface area contributed by atoms with Gasteiger partial charge in [0.1, 0.15) is 11.5 Å². The number of aromatic hydroxyl groups is 1. The summed E-state index contributed by atoms with van der Waals surface area (Å²) in [6, 6.07) is 7.78. The van der Waals surface area contributed by atoms with Crippen molar-refractivity contribution in [1.29, 1.82) is 0 Å².